The van der Waals surface area contributed by atoms with Gasteiger partial charge >= 0.3 is 0 Å². The van der Waals surface area contributed by atoms with Crippen LogP contribution in [-0.4, -0.2) is 60.9 Å². The van der Waals surface area contributed by atoms with E-state index >= 15 is 0 Å². The highest BCUT2D eigenvalue weighted by Crippen LogP contribution is 2.16. The molecule has 1 heterocycles. The summed E-state index contributed by atoms with van der Waals surface area (Å²) in [6.07, 6.45) is 3.98. The topological polar surface area (TPSA) is 52.7 Å². The molecule has 1 unspecified atom stereocenters. The predicted molar refractivity (Wildman–Crippen MR) is 101 cm³/mol. The van der Waals surface area contributed by atoms with E-state index in [1.807, 2.05) is 35.0 Å². The zero-order valence-corrected chi connectivity index (χ0v) is 15.8. The molecule has 0 aromatic heterocycles. The van der Waals surface area contributed by atoms with Gasteiger partial charge in [-0.2, -0.15) is 0 Å². The van der Waals surface area contributed by atoms with Crippen molar-refractivity contribution in [3.8, 4) is 0 Å². The highest BCUT2D eigenvalue weighted by molar-refractivity contribution is 5.99. The number of hydrogen-bond donors (Lipinski definition) is 1. The molecule has 25 heavy (non-hydrogen) atoms. The maximum Gasteiger partial charge on any atom is 0.253 e. The van der Waals surface area contributed by atoms with Gasteiger partial charge in [-0.25, -0.2) is 0 Å². The van der Waals surface area contributed by atoms with Crippen LogP contribution in [0.3, 0.4) is 0 Å². The smallest absolute Gasteiger partial charge is 0.253 e. The summed E-state index contributed by atoms with van der Waals surface area (Å²) in [6.45, 7) is 7.16. The third kappa shape index (κ3) is 5.05. The second-order valence-electron chi connectivity index (χ2n) is 6.75. The lowest BCUT2D eigenvalue weighted by Crippen LogP contribution is -2.47. The largest absolute Gasteiger partial charge is 0.339 e. The Morgan fingerprint density at radius 1 is 1.20 bits per heavy atom. The zero-order chi connectivity index (χ0) is 18.2. The molecule has 5 nitrogen and oxygen atoms in total. The van der Waals surface area contributed by atoms with Crippen LogP contribution in [-0.2, 0) is 0 Å². The number of nitrogens with zero attached hydrogens (tertiary/aromatic N) is 2. The Kier molecular flexibility index (Phi) is 7.44. The van der Waals surface area contributed by atoms with Crippen LogP contribution in [0.5, 0.6) is 0 Å². The molecule has 5 heteroatoms. The number of hydrogen-bond acceptors (Lipinski definition) is 3. The van der Waals surface area contributed by atoms with Crippen molar-refractivity contribution >= 4 is 11.8 Å². The summed E-state index contributed by atoms with van der Waals surface area (Å²) in [4.78, 5) is 29.4. The van der Waals surface area contributed by atoms with E-state index in [1.54, 1.807) is 6.07 Å². The molecule has 1 aliphatic heterocycles. The quantitative estimate of drug-likeness (QED) is 0.827. The molecule has 0 radical (unpaired) electrons. The van der Waals surface area contributed by atoms with Crippen LogP contribution in [0.4, 0.5) is 0 Å². The number of amides is 2. The molecular weight excluding hydrogens is 314 g/mol. The number of piperidine rings is 1. The molecule has 0 aliphatic carbocycles. The average molecular weight is 345 g/mol. The van der Waals surface area contributed by atoms with Crippen LogP contribution in [0.15, 0.2) is 24.3 Å². The Morgan fingerprint density at radius 2 is 1.88 bits per heavy atom. The van der Waals surface area contributed by atoms with Gasteiger partial charge < -0.3 is 15.1 Å². The summed E-state index contributed by atoms with van der Waals surface area (Å²) in [5.41, 5.74) is 1.21. The van der Waals surface area contributed by atoms with Gasteiger partial charge in [-0.3, -0.25) is 9.59 Å². The number of rotatable bonds is 7. The normalized spacial score (nSPS) is 17.4. The zero-order valence-electron chi connectivity index (χ0n) is 15.8. The highest BCUT2D eigenvalue weighted by atomic mass is 16.2. The van der Waals surface area contributed by atoms with Crippen LogP contribution in [0.2, 0.25) is 0 Å². The standard InChI is InChI=1S/C20H31N3O2/c1-4-11-22(12-5-2)19(24)16-8-6-9-17(14-16)20(25)23-13-7-10-18(15-23)21-3/h6,8-9,14,18,21H,4-5,7,10-13,15H2,1-3H3. The molecule has 0 spiro atoms. The first-order chi connectivity index (χ1) is 12.1. The lowest BCUT2D eigenvalue weighted by molar-refractivity contribution is 0.0698. The van der Waals surface area contributed by atoms with E-state index in [4.69, 9.17) is 0 Å². The van der Waals surface area contributed by atoms with Gasteiger partial charge in [-0.1, -0.05) is 19.9 Å². The van der Waals surface area contributed by atoms with E-state index in [0.717, 1.165) is 51.9 Å². The SMILES string of the molecule is CCCN(CCC)C(=O)c1cccc(C(=O)N2CCCC(NC)C2)c1. The first-order valence-electron chi connectivity index (χ1n) is 9.46. The molecule has 1 aromatic carbocycles. The minimum atomic E-state index is 0.0186. The van der Waals surface area contributed by atoms with Crippen molar-refractivity contribution in [3.05, 3.63) is 35.4 Å². The summed E-state index contributed by atoms with van der Waals surface area (Å²) >= 11 is 0. The van der Waals surface area contributed by atoms with Gasteiger partial charge in [0, 0.05) is 43.3 Å². The number of carbonyl (C=O) groups is 2. The van der Waals surface area contributed by atoms with Gasteiger partial charge in [0.2, 0.25) is 0 Å². The van der Waals surface area contributed by atoms with Crippen molar-refractivity contribution in [2.75, 3.05) is 33.2 Å². The second kappa shape index (κ2) is 9.56. The van der Waals surface area contributed by atoms with Crippen molar-refractivity contribution in [2.45, 2.75) is 45.6 Å². The third-order valence-electron chi connectivity index (χ3n) is 4.75. The van der Waals surface area contributed by atoms with Crippen molar-refractivity contribution in [1.82, 2.24) is 15.1 Å². The fourth-order valence-corrected chi connectivity index (χ4v) is 3.40. The molecular formula is C20H31N3O2. The fourth-order valence-electron chi connectivity index (χ4n) is 3.40. The second-order valence-corrected chi connectivity index (χ2v) is 6.75. The molecule has 2 rings (SSSR count). The highest BCUT2D eigenvalue weighted by Gasteiger charge is 2.24. The Morgan fingerprint density at radius 3 is 2.52 bits per heavy atom. The predicted octanol–water partition coefficient (Wildman–Crippen LogP) is 2.77. The van der Waals surface area contributed by atoms with E-state index in [0.29, 0.717) is 17.2 Å². The van der Waals surface area contributed by atoms with Crippen LogP contribution in [0, 0.1) is 0 Å². The minimum absolute atomic E-state index is 0.0186. The van der Waals surface area contributed by atoms with Crippen LogP contribution >= 0.6 is 0 Å². The molecule has 1 aliphatic rings. The number of nitrogens with one attached hydrogen (secondary N) is 1. The lowest BCUT2D eigenvalue weighted by Gasteiger charge is -2.32. The Hall–Kier alpha value is -1.88. The van der Waals surface area contributed by atoms with Crippen molar-refractivity contribution in [2.24, 2.45) is 0 Å². The molecule has 138 valence electrons. The Labute approximate surface area is 151 Å². The van der Waals surface area contributed by atoms with Gasteiger partial charge in [0.25, 0.3) is 11.8 Å². The van der Waals surface area contributed by atoms with E-state index in [9.17, 15) is 9.59 Å². The average Bonchev–Trinajstić information content (AvgIpc) is 2.66. The third-order valence-corrected chi connectivity index (χ3v) is 4.75. The van der Waals surface area contributed by atoms with Gasteiger partial charge in [-0.05, 0) is 50.9 Å². The maximum atomic E-state index is 12.8. The fraction of sp³-hybridized carbons (Fsp3) is 0.600. The number of likely N-dealkylation sites (tertiary alicyclic amines) is 1. The van der Waals surface area contributed by atoms with Crippen LogP contribution in [0.1, 0.15) is 60.2 Å². The Bertz CT molecular complexity index is 582. The summed E-state index contributed by atoms with van der Waals surface area (Å²) in [7, 11) is 1.94. The molecule has 0 bridgehead atoms. The molecule has 1 fully saturated rings. The first kappa shape index (κ1) is 19.4. The van der Waals surface area contributed by atoms with Gasteiger partial charge in [-0.15, -0.1) is 0 Å². The summed E-state index contributed by atoms with van der Waals surface area (Å²) < 4.78 is 0. The van der Waals surface area contributed by atoms with E-state index in [2.05, 4.69) is 19.2 Å². The number of benzene rings is 1. The van der Waals surface area contributed by atoms with Crippen LogP contribution < -0.4 is 5.32 Å². The van der Waals surface area contributed by atoms with E-state index in [1.165, 1.54) is 0 Å². The number of likely N-dealkylation sites (N-methyl/N-ethyl adjacent to an activating group) is 1. The van der Waals surface area contributed by atoms with E-state index in [-0.39, 0.29) is 11.8 Å². The molecule has 1 aromatic rings. The van der Waals surface area contributed by atoms with Crippen LogP contribution in [0.25, 0.3) is 0 Å². The number of carbonyl (C=O) groups excluding carboxylic acids is 2. The monoisotopic (exact) mass is 345 g/mol. The van der Waals surface area contributed by atoms with Gasteiger partial charge in [0.1, 0.15) is 0 Å². The molecule has 1 atom stereocenters. The molecule has 0 saturated carbocycles. The maximum absolute atomic E-state index is 12.8. The first-order valence-corrected chi connectivity index (χ1v) is 9.46. The van der Waals surface area contributed by atoms with Crippen molar-refractivity contribution < 1.29 is 9.59 Å². The minimum Gasteiger partial charge on any atom is -0.339 e. The van der Waals surface area contributed by atoms with E-state index < -0.39 is 0 Å². The summed E-state index contributed by atoms with van der Waals surface area (Å²) in [5.74, 6) is 0.0391. The lowest BCUT2D eigenvalue weighted by atomic mass is 10.0. The van der Waals surface area contributed by atoms with Crippen molar-refractivity contribution in [1.29, 1.82) is 0 Å². The molecule has 2 amide bonds. The molecule has 1 saturated heterocycles. The van der Waals surface area contributed by atoms with Gasteiger partial charge in [0.15, 0.2) is 0 Å². The Balaban J connectivity index is 2.14. The summed E-state index contributed by atoms with van der Waals surface area (Å²) in [5, 5.41) is 3.26. The van der Waals surface area contributed by atoms with Crippen molar-refractivity contribution in [3.63, 3.8) is 0 Å². The summed E-state index contributed by atoms with van der Waals surface area (Å²) in [6, 6.07) is 7.55. The van der Waals surface area contributed by atoms with Gasteiger partial charge in [0.05, 0.1) is 0 Å². The molecule has 1 N–H and O–H groups in total.